The number of hydrogen-bond donors (Lipinski definition) is 4. The molecule has 0 bridgehead atoms. The number of rotatable bonds is 7. The van der Waals surface area contributed by atoms with Crippen molar-refractivity contribution in [2.75, 3.05) is 0 Å². The van der Waals surface area contributed by atoms with E-state index in [9.17, 15) is 30.0 Å². The number of hydrogen-bond acceptors (Lipinski definition) is 6. The van der Waals surface area contributed by atoms with Crippen LogP contribution in [0.15, 0.2) is 34.1 Å². The van der Waals surface area contributed by atoms with Gasteiger partial charge in [0.25, 0.3) is 0 Å². The highest BCUT2D eigenvalue weighted by molar-refractivity contribution is 8.05. The third-order valence-electron chi connectivity index (χ3n) is 7.77. The number of aliphatic carboxylic acids is 2. The van der Waals surface area contributed by atoms with E-state index in [-0.39, 0.29) is 11.5 Å². The Morgan fingerprint density at radius 3 is 0.810 bits per heavy atom. The van der Waals surface area contributed by atoms with Crippen LogP contribution < -0.4 is 0 Å². The lowest BCUT2D eigenvalue weighted by Crippen LogP contribution is -2.55. The zero-order valence-electron chi connectivity index (χ0n) is 27.7. The maximum absolute atomic E-state index is 13.1. The third-order valence-corrected chi connectivity index (χ3v) is 10.8. The van der Waals surface area contributed by atoms with Gasteiger partial charge in [-0.15, -0.1) is 23.5 Å². The molecular weight excluding hydrogens is 569 g/mol. The van der Waals surface area contributed by atoms with Crippen LogP contribution in [0, 0.1) is 0 Å². The van der Waals surface area contributed by atoms with E-state index in [1.807, 2.05) is 83.1 Å². The van der Waals surface area contributed by atoms with E-state index in [4.69, 9.17) is 0 Å². The molecule has 0 aliphatic rings. The van der Waals surface area contributed by atoms with Crippen LogP contribution in [0.3, 0.4) is 0 Å². The van der Waals surface area contributed by atoms with Crippen molar-refractivity contribution in [3.05, 3.63) is 46.5 Å². The fourth-order valence-electron chi connectivity index (χ4n) is 4.78. The van der Waals surface area contributed by atoms with Gasteiger partial charge in [-0.25, -0.2) is 0 Å². The molecule has 6 nitrogen and oxygen atoms in total. The first kappa shape index (κ1) is 35.9. The molecule has 0 aliphatic carbocycles. The zero-order chi connectivity index (χ0) is 33.0. The van der Waals surface area contributed by atoms with Crippen molar-refractivity contribution in [3.63, 3.8) is 0 Å². The summed E-state index contributed by atoms with van der Waals surface area (Å²) >= 11 is 1.97. The number of carboxylic acid groups (broad SMARTS) is 2. The van der Waals surface area contributed by atoms with Crippen LogP contribution in [0.25, 0.3) is 0 Å². The van der Waals surface area contributed by atoms with Gasteiger partial charge in [0.15, 0.2) is 0 Å². The van der Waals surface area contributed by atoms with Gasteiger partial charge < -0.3 is 20.4 Å². The second-order valence-electron chi connectivity index (χ2n) is 15.6. The topological polar surface area (TPSA) is 115 Å². The summed E-state index contributed by atoms with van der Waals surface area (Å²) in [5.74, 6) is -2.20. The number of phenols is 2. The van der Waals surface area contributed by atoms with Crippen molar-refractivity contribution < 1.29 is 30.0 Å². The molecule has 0 amide bonds. The zero-order valence-corrected chi connectivity index (χ0v) is 29.4. The molecule has 2 rings (SSSR count). The average Bonchev–Trinajstić information content (AvgIpc) is 2.77. The van der Waals surface area contributed by atoms with Gasteiger partial charge in [-0.1, -0.05) is 83.1 Å². The maximum Gasteiger partial charge on any atom is 0.321 e. The highest BCUT2D eigenvalue weighted by atomic mass is 32.2. The minimum atomic E-state index is -1.84. The molecular formula is C34H50O6S2. The smallest absolute Gasteiger partial charge is 0.321 e. The highest BCUT2D eigenvalue weighted by Gasteiger charge is 2.58. The number of carbonyl (C=O) groups is 2. The summed E-state index contributed by atoms with van der Waals surface area (Å²) in [7, 11) is 0. The van der Waals surface area contributed by atoms with Crippen LogP contribution in [-0.4, -0.2) is 41.9 Å². The van der Waals surface area contributed by atoms with E-state index in [0.29, 0.717) is 32.0 Å². The van der Waals surface area contributed by atoms with Crippen molar-refractivity contribution in [1.82, 2.24) is 0 Å². The van der Waals surface area contributed by atoms with Crippen molar-refractivity contribution in [2.24, 2.45) is 0 Å². The number of carboxylic acids is 2. The number of phenolic OH excluding ortho intramolecular Hbond substituents is 2. The maximum atomic E-state index is 13.1. The summed E-state index contributed by atoms with van der Waals surface area (Å²) in [5, 5.41) is 43.8. The van der Waals surface area contributed by atoms with Crippen LogP contribution in [0.1, 0.15) is 119 Å². The van der Waals surface area contributed by atoms with E-state index >= 15 is 0 Å². The van der Waals surface area contributed by atoms with Crippen LogP contribution in [0.5, 0.6) is 11.5 Å². The molecule has 0 radical (unpaired) electrons. The van der Waals surface area contributed by atoms with E-state index in [0.717, 1.165) is 23.5 Å². The Morgan fingerprint density at radius 2 is 0.667 bits per heavy atom. The minimum absolute atomic E-state index is 0.167. The highest BCUT2D eigenvalue weighted by Crippen LogP contribution is 2.54. The second-order valence-corrected chi connectivity index (χ2v) is 18.6. The lowest BCUT2D eigenvalue weighted by atomic mass is 9.79. The molecule has 0 heterocycles. The normalized spacial score (nSPS) is 16.0. The van der Waals surface area contributed by atoms with Crippen molar-refractivity contribution in [1.29, 1.82) is 0 Å². The van der Waals surface area contributed by atoms with Gasteiger partial charge in [0.1, 0.15) is 21.0 Å². The summed E-state index contributed by atoms with van der Waals surface area (Å²) in [6.45, 7) is 26.6. The fourth-order valence-corrected chi connectivity index (χ4v) is 7.42. The Labute approximate surface area is 260 Å². The molecule has 2 aromatic carbocycles. The molecule has 8 heteroatoms. The molecule has 0 aromatic heterocycles. The number of aromatic hydroxyl groups is 2. The standard InChI is InChI=1S/C34H50O6S2/c1-29(2,3)21-15-19(16-22(25(21)35)30(4,5)6)41-33(13,27(37)38)34(14,28(39)40)42-20-17-23(31(7,8)9)26(36)24(18-20)32(10,11)12/h15-18,35-36H,1-14H3,(H,37,38)(H,39,40). The largest absolute Gasteiger partial charge is 0.507 e. The first-order valence-corrected chi connectivity index (χ1v) is 15.8. The molecule has 42 heavy (non-hydrogen) atoms. The van der Waals surface area contributed by atoms with Crippen LogP contribution in [0.2, 0.25) is 0 Å². The van der Waals surface area contributed by atoms with Gasteiger partial charge in [0.2, 0.25) is 0 Å². The Hall–Kier alpha value is -2.32. The van der Waals surface area contributed by atoms with Gasteiger partial charge >= 0.3 is 11.9 Å². The molecule has 0 saturated heterocycles. The molecule has 4 N–H and O–H groups in total. The van der Waals surface area contributed by atoms with Crippen molar-refractivity contribution in [2.45, 2.75) is 138 Å². The summed E-state index contributed by atoms with van der Waals surface area (Å²) in [6.07, 6.45) is 0. The van der Waals surface area contributed by atoms with E-state index in [2.05, 4.69) is 0 Å². The lowest BCUT2D eigenvalue weighted by Gasteiger charge is -2.40. The third kappa shape index (κ3) is 7.07. The van der Waals surface area contributed by atoms with Gasteiger partial charge in [0.05, 0.1) is 0 Å². The number of thioether (sulfide) groups is 2. The Balaban J connectivity index is 2.86. The fraction of sp³-hybridized carbons (Fsp3) is 0.588. The second kappa shape index (κ2) is 11.3. The summed E-state index contributed by atoms with van der Waals surface area (Å²) in [5.41, 5.74) is 0.897. The summed E-state index contributed by atoms with van der Waals surface area (Å²) in [4.78, 5) is 27.4. The first-order chi connectivity index (χ1) is 18.6. The van der Waals surface area contributed by atoms with Crippen molar-refractivity contribution in [3.8, 4) is 11.5 Å². The predicted molar refractivity (Wildman–Crippen MR) is 175 cm³/mol. The molecule has 0 saturated carbocycles. The first-order valence-electron chi connectivity index (χ1n) is 14.2. The SMILES string of the molecule is CC(C)(C)c1cc(SC(C)(C(=O)O)C(C)(Sc2cc(C(C)(C)C)c(O)c(C(C)(C)C)c2)C(=O)O)cc(C(C)(C)C)c1O. The van der Waals surface area contributed by atoms with Crippen molar-refractivity contribution >= 4 is 35.5 Å². The van der Waals surface area contributed by atoms with E-state index in [1.165, 1.54) is 13.8 Å². The molecule has 2 unspecified atom stereocenters. The Kier molecular flexibility index (Phi) is 9.66. The average molecular weight is 619 g/mol. The van der Waals surface area contributed by atoms with Crippen LogP contribution in [-0.2, 0) is 31.2 Å². The van der Waals surface area contributed by atoms with Gasteiger partial charge in [-0.3, -0.25) is 9.59 Å². The molecule has 0 fully saturated rings. The summed E-state index contributed by atoms with van der Waals surface area (Å²) in [6, 6.07) is 7.11. The Bertz CT molecular complexity index is 1190. The monoisotopic (exact) mass is 618 g/mol. The van der Waals surface area contributed by atoms with Gasteiger partial charge in [-0.2, -0.15) is 0 Å². The molecule has 234 valence electrons. The molecule has 0 spiro atoms. The predicted octanol–water partition coefficient (Wildman–Crippen LogP) is 8.86. The van der Waals surface area contributed by atoms with Crippen LogP contribution >= 0.6 is 23.5 Å². The minimum Gasteiger partial charge on any atom is -0.507 e. The van der Waals surface area contributed by atoms with Crippen LogP contribution in [0.4, 0.5) is 0 Å². The lowest BCUT2D eigenvalue weighted by molar-refractivity contribution is -0.148. The molecule has 2 aromatic rings. The summed E-state index contributed by atoms with van der Waals surface area (Å²) < 4.78 is -3.68. The van der Waals surface area contributed by atoms with E-state index in [1.54, 1.807) is 24.3 Å². The molecule has 0 aliphatic heterocycles. The quantitative estimate of drug-likeness (QED) is 0.228. The van der Waals surface area contributed by atoms with E-state index < -0.39 is 43.1 Å². The van der Waals surface area contributed by atoms with Gasteiger partial charge in [-0.05, 0) is 59.8 Å². The van der Waals surface area contributed by atoms with Gasteiger partial charge in [0, 0.05) is 32.0 Å². The molecule has 2 atom stereocenters. The Morgan fingerprint density at radius 1 is 0.476 bits per heavy atom. The number of benzene rings is 2.